The van der Waals surface area contributed by atoms with Gasteiger partial charge in [0.05, 0.1) is 11.3 Å². The van der Waals surface area contributed by atoms with Gasteiger partial charge in [0, 0.05) is 5.39 Å². The first-order valence-electron chi connectivity index (χ1n) is 9.01. The SMILES string of the molecule is c1ccc(C2=NN(c3cccc4ccccc34)N(c3ccccc3)[NH2+]2)cc1. The number of anilines is 2. The second-order valence-corrected chi connectivity index (χ2v) is 6.45. The van der Waals surface area contributed by atoms with E-state index in [1.54, 1.807) is 0 Å². The predicted molar refractivity (Wildman–Crippen MR) is 110 cm³/mol. The van der Waals surface area contributed by atoms with Crippen LogP contribution in [-0.2, 0) is 0 Å². The monoisotopic (exact) mass is 351 g/mol. The van der Waals surface area contributed by atoms with Gasteiger partial charge in [0.1, 0.15) is 5.69 Å². The van der Waals surface area contributed by atoms with Crippen LogP contribution in [0.15, 0.2) is 108 Å². The van der Waals surface area contributed by atoms with Crippen LogP contribution in [0.1, 0.15) is 5.56 Å². The van der Waals surface area contributed by atoms with Crippen LogP contribution in [0.25, 0.3) is 10.8 Å². The molecule has 0 unspecified atom stereocenters. The predicted octanol–water partition coefficient (Wildman–Crippen LogP) is 3.92. The van der Waals surface area contributed by atoms with Gasteiger partial charge in [-0.05, 0) is 35.7 Å². The van der Waals surface area contributed by atoms with Crippen LogP contribution in [0.5, 0.6) is 0 Å². The molecule has 1 heterocycles. The summed E-state index contributed by atoms with van der Waals surface area (Å²) in [5.41, 5.74) is 5.31. The lowest BCUT2D eigenvalue weighted by atomic mass is 10.1. The first-order chi connectivity index (χ1) is 13.4. The minimum absolute atomic E-state index is 0.937. The largest absolute Gasteiger partial charge is 0.277 e. The lowest BCUT2D eigenvalue weighted by Crippen LogP contribution is -2.96. The fourth-order valence-corrected chi connectivity index (χ4v) is 3.41. The van der Waals surface area contributed by atoms with Crippen LogP contribution in [0, 0.1) is 0 Å². The summed E-state index contributed by atoms with van der Waals surface area (Å²) in [5, 5.41) is 11.4. The van der Waals surface area contributed by atoms with Gasteiger partial charge in [0.2, 0.25) is 0 Å². The number of rotatable bonds is 3. The molecule has 5 rings (SSSR count). The normalized spacial score (nSPS) is 13.9. The molecule has 1 aliphatic rings. The highest BCUT2D eigenvalue weighted by Gasteiger charge is 2.31. The molecule has 0 radical (unpaired) electrons. The zero-order valence-electron chi connectivity index (χ0n) is 14.7. The molecule has 0 fully saturated rings. The number of hydrazine groups is 1. The maximum absolute atomic E-state index is 4.96. The number of quaternary nitrogens is 1. The number of hydrogen-bond acceptors (Lipinski definition) is 3. The molecule has 130 valence electrons. The second-order valence-electron chi connectivity index (χ2n) is 6.45. The van der Waals surface area contributed by atoms with Crippen LogP contribution < -0.4 is 15.7 Å². The Morgan fingerprint density at radius 3 is 2.11 bits per heavy atom. The van der Waals surface area contributed by atoms with Crippen LogP contribution >= 0.6 is 0 Å². The summed E-state index contributed by atoms with van der Waals surface area (Å²) in [6.45, 7) is 0. The summed E-state index contributed by atoms with van der Waals surface area (Å²) in [6, 6.07) is 35.3. The quantitative estimate of drug-likeness (QED) is 0.568. The molecular formula is C23H19N4+. The van der Waals surface area contributed by atoms with Crippen molar-refractivity contribution in [3.05, 3.63) is 109 Å². The molecule has 4 heteroatoms. The van der Waals surface area contributed by atoms with Gasteiger partial charge in [-0.3, -0.25) is 0 Å². The minimum Gasteiger partial charge on any atom is -0.172 e. The topological polar surface area (TPSA) is 35.5 Å². The summed E-state index contributed by atoms with van der Waals surface area (Å²) in [7, 11) is 0. The van der Waals surface area contributed by atoms with Gasteiger partial charge in [-0.2, -0.15) is 5.43 Å². The molecule has 0 saturated heterocycles. The third-order valence-electron chi connectivity index (χ3n) is 4.72. The van der Waals surface area contributed by atoms with Crippen LogP contribution in [-0.4, -0.2) is 5.84 Å². The molecule has 4 aromatic carbocycles. The van der Waals surface area contributed by atoms with Gasteiger partial charge in [0.25, 0.3) is 5.84 Å². The van der Waals surface area contributed by atoms with Gasteiger partial charge in [-0.1, -0.05) is 77.9 Å². The Kier molecular flexibility index (Phi) is 3.81. The second kappa shape index (κ2) is 6.59. The Morgan fingerprint density at radius 2 is 1.30 bits per heavy atom. The van der Waals surface area contributed by atoms with Gasteiger partial charge in [-0.25, -0.2) is 0 Å². The van der Waals surface area contributed by atoms with Crippen molar-refractivity contribution in [2.75, 3.05) is 10.2 Å². The van der Waals surface area contributed by atoms with E-state index in [1.165, 1.54) is 10.8 Å². The standard InChI is InChI=1S/C23H18N4/c1-3-11-19(12-4-1)23-24-26(20-14-5-2-6-15-20)27(25-23)22-17-9-13-18-10-7-8-16-21(18)22/h1-17H,(H,24,25)/p+1. The fraction of sp³-hybridized carbons (Fsp3) is 0. The van der Waals surface area contributed by atoms with Crippen molar-refractivity contribution in [3.8, 4) is 0 Å². The molecule has 0 aliphatic carbocycles. The molecule has 1 aliphatic heterocycles. The van der Waals surface area contributed by atoms with Crippen molar-refractivity contribution in [2.24, 2.45) is 5.10 Å². The number of para-hydroxylation sites is 1. The molecule has 4 nitrogen and oxygen atoms in total. The van der Waals surface area contributed by atoms with Crippen LogP contribution in [0.2, 0.25) is 0 Å². The number of nitrogens with zero attached hydrogens (tertiary/aromatic N) is 3. The average molecular weight is 351 g/mol. The molecule has 0 atom stereocenters. The number of hydrogen-bond donors (Lipinski definition) is 1. The molecule has 4 aromatic rings. The molecular weight excluding hydrogens is 332 g/mol. The number of fused-ring (bicyclic) bond motifs is 1. The smallest absolute Gasteiger partial charge is 0.172 e. The van der Waals surface area contributed by atoms with E-state index >= 15 is 0 Å². The lowest BCUT2D eigenvalue weighted by Gasteiger charge is -2.24. The number of benzene rings is 4. The third kappa shape index (κ3) is 2.82. The number of nitrogens with two attached hydrogens (primary N) is 1. The Morgan fingerprint density at radius 1 is 0.630 bits per heavy atom. The van der Waals surface area contributed by atoms with E-state index in [0.717, 1.165) is 22.8 Å². The molecule has 0 amide bonds. The van der Waals surface area contributed by atoms with E-state index in [2.05, 4.69) is 77.3 Å². The molecule has 0 spiro atoms. The molecule has 0 saturated carbocycles. The molecule has 27 heavy (non-hydrogen) atoms. The van der Waals surface area contributed by atoms with Crippen LogP contribution in [0.4, 0.5) is 11.4 Å². The van der Waals surface area contributed by atoms with Gasteiger partial charge in [-0.15, -0.1) is 10.2 Å². The highest BCUT2D eigenvalue weighted by molar-refractivity contribution is 5.98. The number of hydrazone groups is 1. The Bertz CT molecular complexity index is 1100. The van der Waals surface area contributed by atoms with Crippen molar-refractivity contribution < 1.29 is 5.43 Å². The maximum atomic E-state index is 4.96. The van der Waals surface area contributed by atoms with Crippen molar-refractivity contribution >= 4 is 28.0 Å². The average Bonchev–Trinajstić information content (AvgIpc) is 3.20. The maximum Gasteiger partial charge on any atom is 0.277 e. The minimum atomic E-state index is 0.937. The Balaban J connectivity index is 1.66. The van der Waals surface area contributed by atoms with E-state index in [9.17, 15) is 0 Å². The molecule has 2 N–H and O–H groups in total. The van der Waals surface area contributed by atoms with E-state index in [1.807, 2.05) is 41.5 Å². The van der Waals surface area contributed by atoms with Crippen molar-refractivity contribution in [2.45, 2.75) is 0 Å². The first-order valence-corrected chi connectivity index (χ1v) is 9.01. The van der Waals surface area contributed by atoms with Crippen molar-refractivity contribution in [1.29, 1.82) is 0 Å². The van der Waals surface area contributed by atoms with E-state index in [4.69, 9.17) is 5.10 Å². The van der Waals surface area contributed by atoms with Crippen LogP contribution in [0.3, 0.4) is 0 Å². The zero-order chi connectivity index (χ0) is 18.1. The zero-order valence-corrected chi connectivity index (χ0v) is 14.7. The van der Waals surface area contributed by atoms with Crippen molar-refractivity contribution in [1.82, 2.24) is 0 Å². The lowest BCUT2D eigenvalue weighted by molar-refractivity contribution is -0.545. The van der Waals surface area contributed by atoms with E-state index < -0.39 is 0 Å². The fourth-order valence-electron chi connectivity index (χ4n) is 3.41. The number of amidine groups is 1. The van der Waals surface area contributed by atoms with Gasteiger partial charge < -0.3 is 0 Å². The highest BCUT2D eigenvalue weighted by atomic mass is 15.9. The van der Waals surface area contributed by atoms with Crippen molar-refractivity contribution in [3.63, 3.8) is 0 Å². The Hall–Kier alpha value is -3.63. The van der Waals surface area contributed by atoms with E-state index in [0.29, 0.717) is 0 Å². The molecule has 0 aromatic heterocycles. The third-order valence-corrected chi connectivity index (χ3v) is 4.72. The highest BCUT2D eigenvalue weighted by Crippen LogP contribution is 2.30. The Labute approximate surface area is 157 Å². The summed E-state index contributed by atoms with van der Waals surface area (Å²) < 4.78 is 0. The summed E-state index contributed by atoms with van der Waals surface area (Å²) in [5.74, 6) is 0.937. The summed E-state index contributed by atoms with van der Waals surface area (Å²) in [4.78, 5) is 0. The molecule has 0 bridgehead atoms. The van der Waals surface area contributed by atoms with Gasteiger partial charge >= 0.3 is 0 Å². The first kappa shape index (κ1) is 15.6. The van der Waals surface area contributed by atoms with E-state index in [-0.39, 0.29) is 0 Å². The summed E-state index contributed by atoms with van der Waals surface area (Å²) in [6.07, 6.45) is 0. The summed E-state index contributed by atoms with van der Waals surface area (Å²) >= 11 is 0. The van der Waals surface area contributed by atoms with Gasteiger partial charge in [0.15, 0.2) is 0 Å².